The highest BCUT2D eigenvalue weighted by molar-refractivity contribution is 5.87. The molecule has 0 spiro atoms. The van der Waals surface area contributed by atoms with Gasteiger partial charge in [-0.05, 0) is 32.0 Å². The van der Waals surface area contributed by atoms with Crippen molar-refractivity contribution in [1.82, 2.24) is 4.90 Å². The van der Waals surface area contributed by atoms with E-state index in [9.17, 15) is 9.18 Å². The van der Waals surface area contributed by atoms with Crippen molar-refractivity contribution in [1.29, 1.82) is 0 Å². The van der Waals surface area contributed by atoms with Gasteiger partial charge in [0.25, 0.3) is 0 Å². The Balaban J connectivity index is 2.06. The molecule has 4 heteroatoms. The summed E-state index contributed by atoms with van der Waals surface area (Å²) >= 11 is 0. The molecule has 98 valence electrons. The van der Waals surface area contributed by atoms with E-state index in [1.807, 2.05) is 7.05 Å². The predicted molar refractivity (Wildman–Crippen MR) is 67.1 cm³/mol. The summed E-state index contributed by atoms with van der Waals surface area (Å²) in [6.45, 7) is 0.538. The van der Waals surface area contributed by atoms with Gasteiger partial charge in [-0.25, -0.2) is 9.18 Å². The molecule has 0 saturated heterocycles. The largest absolute Gasteiger partial charge is 0.478 e. The second-order valence-electron chi connectivity index (χ2n) is 4.96. The van der Waals surface area contributed by atoms with Crippen molar-refractivity contribution in [2.24, 2.45) is 0 Å². The average molecular weight is 251 g/mol. The zero-order chi connectivity index (χ0) is 13.1. The SMILES string of the molecule is CN(Cc1ccc(C(=O)O)cc1F)C1CCCC1. The molecule has 0 aliphatic heterocycles. The van der Waals surface area contributed by atoms with Crippen LogP contribution in [0.15, 0.2) is 18.2 Å². The van der Waals surface area contributed by atoms with Crippen molar-refractivity contribution in [2.45, 2.75) is 38.3 Å². The number of nitrogens with zero attached hydrogens (tertiary/aromatic N) is 1. The fourth-order valence-electron chi connectivity index (χ4n) is 2.55. The Bertz CT molecular complexity index is 441. The third-order valence-corrected chi connectivity index (χ3v) is 3.67. The van der Waals surface area contributed by atoms with Crippen molar-refractivity contribution in [3.63, 3.8) is 0 Å². The normalized spacial score (nSPS) is 16.4. The first-order chi connectivity index (χ1) is 8.58. The van der Waals surface area contributed by atoms with Crippen molar-refractivity contribution >= 4 is 5.97 Å². The Hall–Kier alpha value is -1.42. The van der Waals surface area contributed by atoms with Crippen LogP contribution < -0.4 is 0 Å². The lowest BCUT2D eigenvalue weighted by Gasteiger charge is -2.24. The number of hydrogen-bond donors (Lipinski definition) is 1. The number of carbonyl (C=O) groups is 1. The van der Waals surface area contributed by atoms with Crippen LogP contribution in [0.4, 0.5) is 4.39 Å². The fraction of sp³-hybridized carbons (Fsp3) is 0.500. The first kappa shape index (κ1) is 13.0. The van der Waals surface area contributed by atoms with Gasteiger partial charge >= 0.3 is 5.97 Å². The third-order valence-electron chi connectivity index (χ3n) is 3.67. The van der Waals surface area contributed by atoms with E-state index < -0.39 is 11.8 Å². The standard InChI is InChI=1S/C14H18FNO2/c1-16(12-4-2-3-5-12)9-11-7-6-10(14(17)18)8-13(11)15/h6-8,12H,2-5,9H2,1H3,(H,17,18). The summed E-state index contributed by atoms with van der Waals surface area (Å²) in [7, 11) is 2.00. The summed E-state index contributed by atoms with van der Waals surface area (Å²) in [4.78, 5) is 12.9. The molecule has 3 nitrogen and oxygen atoms in total. The van der Waals surface area contributed by atoms with E-state index in [-0.39, 0.29) is 5.56 Å². The highest BCUT2D eigenvalue weighted by atomic mass is 19.1. The zero-order valence-electron chi connectivity index (χ0n) is 10.5. The van der Waals surface area contributed by atoms with E-state index in [2.05, 4.69) is 4.90 Å². The molecular weight excluding hydrogens is 233 g/mol. The molecule has 1 fully saturated rings. The first-order valence-corrected chi connectivity index (χ1v) is 6.30. The molecule has 1 aliphatic rings. The molecule has 18 heavy (non-hydrogen) atoms. The average Bonchev–Trinajstić information content (AvgIpc) is 2.85. The van der Waals surface area contributed by atoms with E-state index in [0.717, 1.165) is 6.07 Å². The number of hydrogen-bond acceptors (Lipinski definition) is 2. The van der Waals surface area contributed by atoms with E-state index in [4.69, 9.17) is 5.11 Å². The number of carboxylic acids is 1. The fourth-order valence-corrected chi connectivity index (χ4v) is 2.55. The Morgan fingerprint density at radius 1 is 1.44 bits per heavy atom. The molecule has 0 heterocycles. The molecule has 0 aromatic heterocycles. The number of benzene rings is 1. The minimum atomic E-state index is -1.09. The number of rotatable bonds is 4. The highest BCUT2D eigenvalue weighted by Gasteiger charge is 2.20. The van der Waals surface area contributed by atoms with Gasteiger partial charge in [0.15, 0.2) is 0 Å². The van der Waals surface area contributed by atoms with Crippen LogP contribution in [0.5, 0.6) is 0 Å². The van der Waals surface area contributed by atoms with Gasteiger partial charge in [0.2, 0.25) is 0 Å². The quantitative estimate of drug-likeness (QED) is 0.894. The van der Waals surface area contributed by atoms with Gasteiger partial charge in [-0.3, -0.25) is 4.90 Å². The van der Waals surface area contributed by atoms with Crippen LogP contribution in [0.1, 0.15) is 41.6 Å². The lowest BCUT2D eigenvalue weighted by molar-refractivity contribution is 0.0696. The molecule has 1 N–H and O–H groups in total. The Labute approximate surface area is 106 Å². The predicted octanol–water partition coefficient (Wildman–Crippen LogP) is 2.90. The highest BCUT2D eigenvalue weighted by Crippen LogP contribution is 2.24. The summed E-state index contributed by atoms with van der Waals surface area (Å²) < 4.78 is 13.8. The minimum Gasteiger partial charge on any atom is -0.478 e. The third kappa shape index (κ3) is 2.88. The van der Waals surface area contributed by atoms with Crippen LogP contribution in [-0.2, 0) is 6.54 Å². The smallest absolute Gasteiger partial charge is 0.335 e. The van der Waals surface area contributed by atoms with Crippen LogP contribution >= 0.6 is 0 Å². The van der Waals surface area contributed by atoms with Crippen molar-refractivity contribution in [3.05, 3.63) is 35.1 Å². The summed E-state index contributed by atoms with van der Waals surface area (Å²) in [6.07, 6.45) is 4.83. The molecule has 1 aromatic carbocycles. The van der Waals surface area contributed by atoms with E-state index in [1.54, 1.807) is 6.07 Å². The minimum absolute atomic E-state index is 0.000213. The van der Waals surface area contributed by atoms with Crippen molar-refractivity contribution in [2.75, 3.05) is 7.05 Å². The maximum absolute atomic E-state index is 13.8. The van der Waals surface area contributed by atoms with Gasteiger partial charge in [0.1, 0.15) is 5.82 Å². The van der Waals surface area contributed by atoms with Crippen LogP contribution in [0.3, 0.4) is 0 Å². The molecule has 0 atom stereocenters. The van der Waals surface area contributed by atoms with E-state index in [1.165, 1.54) is 31.7 Å². The van der Waals surface area contributed by atoms with Crippen LogP contribution in [-0.4, -0.2) is 29.1 Å². The molecular formula is C14H18FNO2. The van der Waals surface area contributed by atoms with Gasteiger partial charge in [-0.15, -0.1) is 0 Å². The molecule has 0 unspecified atom stereocenters. The molecule has 1 aliphatic carbocycles. The van der Waals surface area contributed by atoms with Crippen molar-refractivity contribution < 1.29 is 14.3 Å². The van der Waals surface area contributed by atoms with Gasteiger partial charge in [-0.1, -0.05) is 18.9 Å². The zero-order valence-corrected chi connectivity index (χ0v) is 10.5. The van der Waals surface area contributed by atoms with Crippen molar-refractivity contribution in [3.8, 4) is 0 Å². The Kier molecular flexibility index (Phi) is 3.97. The molecule has 1 aromatic rings. The molecule has 0 bridgehead atoms. The molecule has 0 radical (unpaired) electrons. The van der Waals surface area contributed by atoms with Gasteiger partial charge in [-0.2, -0.15) is 0 Å². The van der Waals surface area contributed by atoms with Crippen LogP contribution in [0.25, 0.3) is 0 Å². The van der Waals surface area contributed by atoms with Crippen LogP contribution in [0.2, 0.25) is 0 Å². The Morgan fingerprint density at radius 2 is 2.11 bits per heavy atom. The second-order valence-corrected chi connectivity index (χ2v) is 4.96. The molecule has 1 saturated carbocycles. The van der Waals surface area contributed by atoms with E-state index >= 15 is 0 Å². The summed E-state index contributed by atoms with van der Waals surface area (Å²) in [5.74, 6) is -1.52. The lowest BCUT2D eigenvalue weighted by Crippen LogP contribution is -2.28. The summed E-state index contributed by atoms with van der Waals surface area (Å²) in [5.41, 5.74) is 0.564. The van der Waals surface area contributed by atoms with Gasteiger partial charge in [0.05, 0.1) is 5.56 Å². The lowest BCUT2D eigenvalue weighted by atomic mass is 10.1. The second kappa shape index (κ2) is 5.48. The molecule has 2 rings (SSSR count). The maximum atomic E-state index is 13.8. The molecule has 0 amide bonds. The van der Waals surface area contributed by atoms with E-state index in [0.29, 0.717) is 18.2 Å². The first-order valence-electron chi connectivity index (χ1n) is 6.30. The Morgan fingerprint density at radius 3 is 2.67 bits per heavy atom. The number of aromatic carboxylic acids is 1. The van der Waals surface area contributed by atoms with Gasteiger partial charge in [0, 0.05) is 18.2 Å². The topological polar surface area (TPSA) is 40.5 Å². The maximum Gasteiger partial charge on any atom is 0.335 e. The summed E-state index contributed by atoms with van der Waals surface area (Å²) in [6, 6.07) is 4.66. The van der Waals surface area contributed by atoms with Crippen LogP contribution in [0, 0.1) is 5.82 Å². The van der Waals surface area contributed by atoms with Gasteiger partial charge < -0.3 is 5.11 Å². The monoisotopic (exact) mass is 251 g/mol. The number of halogens is 1. The number of carboxylic acid groups (broad SMARTS) is 1. The summed E-state index contributed by atoms with van der Waals surface area (Å²) in [5, 5.41) is 8.78.